The van der Waals surface area contributed by atoms with E-state index in [0.717, 1.165) is 32.0 Å². The number of hydrogen-bond donors (Lipinski definition) is 3. The van der Waals surface area contributed by atoms with Gasteiger partial charge < -0.3 is 20.7 Å². The van der Waals surface area contributed by atoms with Crippen LogP contribution >= 0.6 is 0 Å². The fourth-order valence-corrected chi connectivity index (χ4v) is 1.89. The van der Waals surface area contributed by atoms with Crippen molar-refractivity contribution in [2.45, 2.75) is 0 Å². The largest absolute Gasteiger partial charge is 0.399 e. The topological polar surface area (TPSA) is 68.8 Å². The second kappa shape index (κ2) is 5.65. The van der Waals surface area contributed by atoms with E-state index in [2.05, 4.69) is 5.32 Å². The third kappa shape index (κ3) is 3.72. The maximum absolute atomic E-state index is 11.8. The molecule has 0 aromatic heterocycles. The first-order valence-electron chi connectivity index (χ1n) is 5.81. The monoisotopic (exact) mass is 236 g/mol. The molecule has 4 N–H and O–H groups in total. The van der Waals surface area contributed by atoms with Crippen molar-refractivity contribution in [3.05, 3.63) is 24.3 Å². The first kappa shape index (κ1) is 11.9. The Morgan fingerprint density at radius 3 is 2.88 bits per heavy atom. The fourth-order valence-electron chi connectivity index (χ4n) is 1.89. The van der Waals surface area contributed by atoms with Crippen molar-refractivity contribution in [2.24, 2.45) is 0 Å². The van der Waals surface area contributed by atoms with E-state index in [1.165, 1.54) is 4.90 Å². The van der Waals surface area contributed by atoms with Crippen LogP contribution in [0, 0.1) is 0 Å². The Morgan fingerprint density at radius 2 is 2.18 bits per heavy atom. The van der Waals surface area contributed by atoms with E-state index in [4.69, 9.17) is 10.5 Å². The molecule has 5 heteroatoms. The van der Waals surface area contributed by atoms with Gasteiger partial charge in [0.2, 0.25) is 0 Å². The number of rotatable bonds is 3. The summed E-state index contributed by atoms with van der Waals surface area (Å²) >= 11 is 0. The Kier molecular flexibility index (Phi) is 3.95. The molecule has 0 spiro atoms. The smallest absolute Gasteiger partial charge is 0.279 e. The lowest BCUT2D eigenvalue weighted by molar-refractivity contribution is -0.899. The van der Waals surface area contributed by atoms with Gasteiger partial charge >= 0.3 is 0 Å². The van der Waals surface area contributed by atoms with Crippen LogP contribution in [0.25, 0.3) is 0 Å². The van der Waals surface area contributed by atoms with Crippen molar-refractivity contribution in [2.75, 3.05) is 43.9 Å². The van der Waals surface area contributed by atoms with Gasteiger partial charge in [-0.3, -0.25) is 4.79 Å². The highest BCUT2D eigenvalue weighted by molar-refractivity contribution is 5.91. The van der Waals surface area contributed by atoms with Crippen LogP contribution in [0.4, 0.5) is 11.4 Å². The van der Waals surface area contributed by atoms with E-state index in [1.807, 2.05) is 12.1 Å². The number of nitrogens with two attached hydrogens (primary N) is 1. The van der Waals surface area contributed by atoms with Crippen LogP contribution in [0.1, 0.15) is 0 Å². The molecule has 1 saturated heterocycles. The molecule has 1 fully saturated rings. The van der Waals surface area contributed by atoms with Gasteiger partial charge in [-0.05, 0) is 18.2 Å². The quantitative estimate of drug-likeness (QED) is 0.597. The van der Waals surface area contributed by atoms with Crippen LogP contribution in [0.3, 0.4) is 0 Å². The van der Waals surface area contributed by atoms with E-state index in [0.29, 0.717) is 12.2 Å². The summed E-state index contributed by atoms with van der Waals surface area (Å²) in [5.41, 5.74) is 7.05. The molecule has 1 amide bonds. The molecular formula is C12H18N3O2+. The first-order valence-corrected chi connectivity index (χ1v) is 5.81. The molecule has 17 heavy (non-hydrogen) atoms. The number of carbonyl (C=O) groups excluding carboxylic acids is 1. The van der Waals surface area contributed by atoms with Crippen LogP contribution in [-0.2, 0) is 9.53 Å². The Bertz CT molecular complexity index is 389. The molecule has 0 aliphatic carbocycles. The van der Waals surface area contributed by atoms with Gasteiger partial charge in [0, 0.05) is 11.4 Å². The lowest BCUT2D eigenvalue weighted by Gasteiger charge is -2.23. The number of amides is 1. The van der Waals surface area contributed by atoms with Crippen molar-refractivity contribution in [3.63, 3.8) is 0 Å². The molecule has 1 aliphatic rings. The van der Waals surface area contributed by atoms with Crippen LogP contribution in [0.2, 0.25) is 0 Å². The lowest BCUT2D eigenvalue weighted by Crippen LogP contribution is -3.15. The van der Waals surface area contributed by atoms with Crippen molar-refractivity contribution in [3.8, 4) is 0 Å². The van der Waals surface area contributed by atoms with Crippen molar-refractivity contribution >= 4 is 17.3 Å². The predicted octanol–water partition coefficient (Wildman–Crippen LogP) is -0.878. The number of morpholine rings is 1. The summed E-state index contributed by atoms with van der Waals surface area (Å²) in [5.74, 6) is 0.0208. The molecule has 1 aliphatic heterocycles. The summed E-state index contributed by atoms with van der Waals surface area (Å²) in [6, 6.07) is 7.21. The number of anilines is 2. The molecule has 2 rings (SSSR count). The standard InChI is InChI=1S/C12H17N3O2/c13-10-2-1-3-11(8-10)14-12(16)9-15-4-6-17-7-5-15/h1-3,8H,4-7,9,13H2,(H,14,16)/p+1. The molecule has 92 valence electrons. The molecule has 0 atom stereocenters. The number of carbonyl (C=O) groups is 1. The number of benzene rings is 1. The summed E-state index contributed by atoms with van der Waals surface area (Å²) in [6.45, 7) is 3.74. The van der Waals surface area contributed by atoms with Crippen LogP contribution in [0.15, 0.2) is 24.3 Å². The molecule has 1 aromatic carbocycles. The van der Waals surface area contributed by atoms with Gasteiger partial charge in [-0.25, -0.2) is 0 Å². The molecule has 5 nitrogen and oxygen atoms in total. The average molecular weight is 236 g/mol. The van der Waals surface area contributed by atoms with Gasteiger partial charge in [-0.15, -0.1) is 0 Å². The minimum atomic E-state index is 0.0208. The van der Waals surface area contributed by atoms with Gasteiger partial charge in [0.1, 0.15) is 13.1 Å². The number of nitrogen functional groups attached to an aromatic ring is 1. The van der Waals surface area contributed by atoms with Gasteiger partial charge in [0.25, 0.3) is 5.91 Å². The Morgan fingerprint density at radius 1 is 1.41 bits per heavy atom. The second-order valence-corrected chi connectivity index (χ2v) is 4.21. The maximum Gasteiger partial charge on any atom is 0.279 e. The van der Waals surface area contributed by atoms with Crippen molar-refractivity contribution in [1.29, 1.82) is 0 Å². The van der Waals surface area contributed by atoms with Gasteiger partial charge in [-0.1, -0.05) is 6.07 Å². The lowest BCUT2D eigenvalue weighted by atomic mass is 10.3. The number of nitrogens with one attached hydrogen (secondary N) is 2. The van der Waals surface area contributed by atoms with Gasteiger partial charge in [0.15, 0.2) is 6.54 Å². The van der Waals surface area contributed by atoms with Gasteiger partial charge in [0.05, 0.1) is 13.2 Å². The minimum Gasteiger partial charge on any atom is -0.399 e. The summed E-state index contributed by atoms with van der Waals surface area (Å²) in [5, 5.41) is 2.85. The third-order valence-electron chi connectivity index (χ3n) is 2.78. The normalized spacial score (nSPS) is 16.7. The summed E-state index contributed by atoms with van der Waals surface area (Å²) in [7, 11) is 0. The van der Waals surface area contributed by atoms with Crippen LogP contribution in [-0.4, -0.2) is 38.8 Å². The summed E-state index contributed by atoms with van der Waals surface area (Å²) in [6.07, 6.45) is 0. The molecule has 0 radical (unpaired) electrons. The molecule has 0 saturated carbocycles. The van der Waals surface area contributed by atoms with Crippen molar-refractivity contribution in [1.82, 2.24) is 0 Å². The van der Waals surface area contributed by atoms with Crippen molar-refractivity contribution < 1.29 is 14.4 Å². The van der Waals surface area contributed by atoms with Crippen LogP contribution in [0.5, 0.6) is 0 Å². The average Bonchev–Trinajstić information content (AvgIpc) is 2.30. The predicted molar refractivity (Wildman–Crippen MR) is 65.9 cm³/mol. The first-order chi connectivity index (χ1) is 8.24. The highest BCUT2D eigenvalue weighted by Gasteiger charge is 2.17. The highest BCUT2D eigenvalue weighted by Crippen LogP contribution is 2.10. The summed E-state index contributed by atoms with van der Waals surface area (Å²) in [4.78, 5) is 13.0. The second-order valence-electron chi connectivity index (χ2n) is 4.21. The summed E-state index contributed by atoms with van der Waals surface area (Å²) < 4.78 is 5.25. The van der Waals surface area contributed by atoms with Crippen LogP contribution < -0.4 is 16.0 Å². The Hall–Kier alpha value is -1.59. The molecule has 0 unspecified atom stereocenters. The zero-order valence-corrected chi connectivity index (χ0v) is 9.74. The number of hydrogen-bond acceptors (Lipinski definition) is 3. The van der Waals surface area contributed by atoms with E-state index in [-0.39, 0.29) is 5.91 Å². The number of quaternary nitrogens is 1. The zero-order valence-electron chi connectivity index (χ0n) is 9.74. The SMILES string of the molecule is Nc1cccc(NC(=O)C[NH+]2CCOCC2)c1. The van der Waals surface area contributed by atoms with E-state index < -0.39 is 0 Å². The molecule has 1 aromatic rings. The highest BCUT2D eigenvalue weighted by atomic mass is 16.5. The number of ether oxygens (including phenoxy) is 1. The van der Waals surface area contributed by atoms with E-state index in [9.17, 15) is 4.79 Å². The van der Waals surface area contributed by atoms with Gasteiger partial charge in [-0.2, -0.15) is 0 Å². The molecular weight excluding hydrogens is 218 g/mol. The van der Waals surface area contributed by atoms with E-state index in [1.54, 1.807) is 12.1 Å². The Labute approximate surface area is 101 Å². The third-order valence-corrected chi connectivity index (χ3v) is 2.78. The minimum absolute atomic E-state index is 0.0208. The molecule has 1 heterocycles. The fraction of sp³-hybridized carbons (Fsp3) is 0.417. The molecule has 0 bridgehead atoms. The maximum atomic E-state index is 11.8. The zero-order chi connectivity index (χ0) is 12.1. The van der Waals surface area contributed by atoms with E-state index >= 15 is 0 Å². The Balaban J connectivity index is 1.84.